The molecule has 0 aliphatic carbocycles. The highest BCUT2D eigenvalue weighted by Crippen LogP contribution is 2.28. The molecule has 1 N–H and O–H groups in total. The zero-order chi connectivity index (χ0) is 20.3. The summed E-state index contributed by atoms with van der Waals surface area (Å²) in [6.45, 7) is 0.641. The van der Waals surface area contributed by atoms with E-state index in [0.29, 0.717) is 18.1 Å². The Morgan fingerprint density at radius 2 is 2.03 bits per heavy atom. The van der Waals surface area contributed by atoms with Crippen LogP contribution in [0.2, 0.25) is 0 Å². The van der Waals surface area contributed by atoms with Crippen molar-refractivity contribution in [3.05, 3.63) is 60.7 Å². The van der Waals surface area contributed by atoms with Gasteiger partial charge in [0.25, 0.3) is 10.0 Å². The molecule has 1 aliphatic heterocycles. The SMILES string of the molecule is Cn1cc(S(=O)(=O)Nc2nc(Oc3ccccc3)cc(C3=COCCC3)n2)cn1. The quantitative estimate of drug-likeness (QED) is 0.662. The van der Waals surface area contributed by atoms with Gasteiger partial charge < -0.3 is 9.47 Å². The van der Waals surface area contributed by atoms with Crippen LogP contribution in [0, 0.1) is 0 Å². The molecule has 0 bridgehead atoms. The van der Waals surface area contributed by atoms with Crippen LogP contribution in [0.3, 0.4) is 0 Å². The predicted octanol–water partition coefficient (Wildman–Crippen LogP) is 2.95. The third-order valence-corrected chi connectivity index (χ3v) is 5.43. The van der Waals surface area contributed by atoms with Gasteiger partial charge in [-0.3, -0.25) is 4.68 Å². The fourth-order valence-electron chi connectivity index (χ4n) is 2.77. The zero-order valence-corrected chi connectivity index (χ0v) is 16.5. The van der Waals surface area contributed by atoms with Crippen molar-refractivity contribution in [1.82, 2.24) is 19.7 Å². The highest BCUT2D eigenvalue weighted by atomic mass is 32.2. The molecule has 0 unspecified atom stereocenters. The van der Waals surface area contributed by atoms with Gasteiger partial charge in [-0.25, -0.2) is 18.1 Å². The number of hydrogen-bond acceptors (Lipinski definition) is 7. The van der Waals surface area contributed by atoms with E-state index in [4.69, 9.17) is 9.47 Å². The molecule has 1 aliphatic rings. The first kappa shape index (κ1) is 18.9. The van der Waals surface area contributed by atoms with Gasteiger partial charge in [0.1, 0.15) is 10.6 Å². The predicted molar refractivity (Wildman–Crippen MR) is 106 cm³/mol. The van der Waals surface area contributed by atoms with Crippen molar-refractivity contribution in [1.29, 1.82) is 0 Å². The number of aromatic nitrogens is 4. The number of rotatable bonds is 6. The summed E-state index contributed by atoms with van der Waals surface area (Å²) in [6, 6.07) is 10.8. The number of nitrogens with one attached hydrogen (secondary N) is 1. The average Bonchev–Trinajstić information content (AvgIpc) is 3.16. The number of sulfonamides is 1. The van der Waals surface area contributed by atoms with Crippen LogP contribution in [0.5, 0.6) is 11.6 Å². The average molecular weight is 413 g/mol. The Morgan fingerprint density at radius 3 is 2.72 bits per heavy atom. The van der Waals surface area contributed by atoms with E-state index in [0.717, 1.165) is 18.4 Å². The summed E-state index contributed by atoms with van der Waals surface area (Å²) in [6.07, 6.45) is 5.89. The molecule has 0 spiro atoms. The number of hydrogen-bond donors (Lipinski definition) is 1. The Balaban J connectivity index is 1.70. The third kappa shape index (κ3) is 4.54. The molecule has 3 aromatic rings. The first-order valence-electron chi connectivity index (χ1n) is 8.94. The molecule has 10 heteroatoms. The van der Waals surface area contributed by atoms with Crippen LogP contribution in [0.1, 0.15) is 18.5 Å². The monoisotopic (exact) mass is 413 g/mol. The highest BCUT2D eigenvalue weighted by Gasteiger charge is 2.20. The van der Waals surface area contributed by atoms with E-state index < -0.39 is 10.0 Å². The summed E-state index contributed by atoms with van der Waals surface area (Å²) < 4.78 is 40.3. The molecule has 0 radical (unpaired) electrons. The van der Waals surface area contributed by atoms with Gasteiger partial charge in [-0.15, -0.1) is 0 Å². The first-order valence-corrected chi connectivity index (χ1v) is 10.4. The number of anilines is 1. The van der Waals surface area contributed by atoms with Crippen molar-refractivity contribution in [3.63, 3.8) is 0 Å². The molecule has 0 amide bonds. The molecule has 4 rings (SSSR count). The lowest BCUT2D eigenvalue weighted by molar-refractivity contribution is 0.235. The van der Waals surface area contributed by atoms with Gasteiger partial charge in [-0.1, -0.05) is 18.2 Å². The van der Waals surface area contributed by atoms with Gasteiger partial charge >= 0.3 is 0 Å². The van der Waals surface area contributed by atoms with Crippen LogP contribution < -0.4 is 9.46 Å². The lowest BCUT2D eigenvalue weighted by Gasteiger charge is -2.15. The van der Waals surface area contributed by atoms with Crippen molar-refractivity contribution in [2.75, 3.05) is 11.3 Å². The molecule has 0 saturated heterocycles. The van der Waals surface area contributed by atoms with E-state index in [1.807, 2.05) is 18.2 Å². The van der Waals surface area contributed by atoms with Gasteiger partial charge in [0.05, 0.1) is 24.8 Å². The van der Waals surface area contributed by atoms with Crippen LogP contribution in [0.25, 0.3) is 5.57 Å². The van der Waals surface area contributed by atoms with E-state index >= 15 is 0 Å². The number of nitrogens with zero attached hydrogens (tertiary/aromatic N) is 4. The molecule has 2 aromatic heterocycles. The first-order chi connectivity index (χ1) is 14.0. The molecule has 0 fully saturated rings. The third-order valence-electron chi connectivity index (χ3n) is 4.15. The van der Waals surface area contributed by atoms with E-state index in [-0.39, 0.29) is 16.7 Å². The van der Waals surface area contributed by atoms with E-state index in [1.165, 1.54) is 17.1 Å². The Bertz CT molecular complexity index is 1140. The normalized spacial score (nSPS) is 14.0. The Hall–Kier alpha value is -3.40. The summed E-state index contributed by atoms with van der Waals surface area (Å²) in [5, 5.41) is 3.90. The van der Waals surface area contributed by atoms with Crippen molar-refractivity contribution in [2.45, 2.75) is 17.7 Å². The largest absolute Gasteiger partial charge is 0.501 e. The lowest BCUT2D eigenvalue weighted by atomic mass is 10.1. The number of allylic oxidation sites excluding steroid dienone is 1. The fraction of sp³-hybridized carbons (Fsp3) is 0.211. The maximum absolute atomic E-state index is 12.6. The van der Waals surface area contributed by atoms with Crippen LogP contribution in [0.15, 0.2) is 59.9 Å². The Morgan fingerprint density at radius 1 is 1.21 bits per heavy atom. The maximum Gasteiger partial charge on any atom is 0.267 e. The molecular formula is C19H19N5O4S. The molecule has 150 valence electrons. The van der Waals surface area contributed by atoms with Crippen molar-refractivity contribution in [2.24, 2.45) is 7.05 Å². The molecule has 0 saturated carbocycles. The second-order valence-electron chi connectivity index (χ2n) is 6.40. The summed E-state index contributed by atoms with van der Waals surface area (Å²) in [7, 11) is -2.26. The summed E-state index contributed by atoms with van der Waals surface area (Å²) in [5.74, 6) is 0.701. The van der Waals surface area contributed by atoms with E-state index in [2.05, 4.69) is 19.8 Å². The molecule has 29 heavy (non-hydrogen) atoms. The van der Waals surface area contributed by atoms with Crippen LogP contribution in [-0.2, 0) is 21.8 Å². The number of aryl methyl sites for hydroxylation is 1. The smallest absolute Gasteiger partial charge is 0.267 e. The lowest BCUT2D eigenvalue weighted by Crippen LogP contribution is -2.15. The second-order valence-corrected chi connectivity index (χ2v) is 8.09. The highest BCUT2D eigenvalue weighted by molar-refractivity contribution is 7.92. The second kappa shape index (κ2) is 7.92. The number of benzene rings is 1. The van der Waals surface area contributed by atoms with Gasteiger partial charge in [0.15, 0.2) is 0 Å². The molecule has 0 atom stereocenters. The van der Waals surface area contributed by atoms with Crippen LogP contribution in [-0.4, -0.2) is 34.8 Å². The topological polar surface area (TPSA) is 108 Å². The minimum Gasteiger partial charge on any atom is -0.501 e. The standard InChI is InChI=1S/C19H19N5O4S/c1-24-12-16(11-20-24)29(25,26)23-19-21-17(14-6-5-9-27-13-14)10-18(22-19)28-15-7-3-2-4-8-15/h2-4,7-8,10-13H,5-6,9H2,1H3,(H,21,22,23). The number of ether oxygens (including phenoxy) is 2. The molecule has 3 heterocycles. The summed E-state index contributed by atoms with van der Waals surface area (Å²) >= 11 is 0. The van der Waals surface area contributed by atoms with Crippen molar-refractivity contribution in [3.8, 4) is 11.6 Å². The van der Waals surface area contributed by atoms with E-state index in [1.54, 1.807) is 31.5 Å². The van der Waals surface area contributed by atoms with Gasteiger partial charge in [-0.05, 0) is 25.0 Å². The molecule has 9 nitrogen and oxygen atoms in total. The summed E-state index contributed by atoms with van der Waals surface area (Å²) in [5.41, 5.74) is 1.38. The van der Waals surface area contributed by atoms with Gasteiger partial charge in [0, 0.05) is 24.9 Å². The fourth-order valence-corrected chi connectivity index (χ4v) is 3.69. The van der Waals surface area contributed by atoms with Gasteiger partial charge in [-0.2, -0.15) is 10.1 Å². The Kier molecular flexibility index (Phi) is 5.17. The van der Waals surface area contributed by atoms with Crippen LogP contribution in [0.4, 0.5) is 5.95 Å². The van der Waals surface area contributed by atoms with Crippen molar-refractivity contribution >= 4 is 21.5 Å². The van der Waals surface area contributed by atoms with E-state index in [9.17, 15) is 8.42 Å². The molecule has 1 aromatic carbocycles. The molecular weight excluding hydrogens is 394 g/mol. The Labute approximate surface area is 168 Å². The zero-order valence-electron chi connectivity index (χ0n) is 15.6. The maximum atomic E-state index is 12.6. The van der Waals surface area contributed by atoms with Gasteiger partial charge in [0.2, 0.25) is 11.8 Å². The summed E-state index contributed by atoms with van der Waals surface area (Å²) in [4.78, 5) is 8.60. The van der Waals surface area contributed by atoms with Crippen LogP contribution >= 0.6 is 0 Å². The number of para-hydroxylation sites is 1. The minimum absolute atomic E-state index is 0.0137. The minimum atomic E-state index is -3.89. The van der Waals surface area contributed by atoms with Crippen molar-refractivity contribution < 1.29 is 17.9 Å².